The van der Waals surface area contributed by atoms with Gasteiger partial charge < -0.3 is 14.9 Å². The minimum absolute atomic E-state index is 0.134. The predicted octanol–water partition coefficient (Wildman–Crippen LogP) is 1.86. The van der Waals surface area contributed by atoms with Crippen LogP contribution in [0.3, 0.4) is 0 Å². The van der Waals surface area contributed by atoms with E-state index in [0.717, 1.165) is 24.2 Å². The van der Waals surface area contributed by atoms with E-state index in [1.807, 2.05) is 24.3 Å². The molecule has 2 N–H and O–H groups in total. The second-order valence-electron chi connectivity index (χ2n) is 3.82. The van der Waals surface area contributed by atoms with E-state index < -0.39 is 5.97 Å². The molecule has 0 aromatic heterocycles. The van der Waals surface area contributed by atoms with Gasteiger partial charge in [0.25, 0.3) is 0 Å². The van der Waals surface area contributed by atoms with Crippen LogP contribution in [0.5, 0.6) is 5.75 Å². The highest BCUT2D eigenvalue weighted by molar-refractivity contribution is 5.66. The quantitative estimate of drug-likeness (QED) is 0.678. The van der Waals surface area contributed by atoms with Gasteiger partial charge in [-0.05, 0) is 37.0 Å². The van der Waals surface area contributed by atoms with E-state index in [1.54, 1.807) is 0 Å². The molecule has 1 rings (SSSR count). The molecule has 1 aromatic rings. The summed E-state index contributed by atoms with van der Waals surface area (Å²) < 4.78 is 5.40. The topological polar surface area (TPSA) is 66.8 Å². The molecule has 0 unspecified atom stereocenters. The zero-order chi connectivity index (χ0) is 12.5. The molecule has 4 nitrogen and oxygen atoms in total. The summed E-state index contributed by atoms with van der Waals surface area (Å²) in [5.41, 5.74) is 1.16. The smallest absolute Gasteiger partial charge is 0.303 e. The Kier molecular flexibility index (Phi) is 6.10. The number of hydrogen-bond acceptors (Lipinski definition) is 3. The number of ether oxygens (including phenoxy) is 1. The fourth-order valence-corrected chi connectivity index (χ4v) is 1.45. The standard InChI is InChI=1S/C13H18O4/c14-9-1-3-11-5-7-12(8-6-11)17-10-2-4-13(15)16/h5-8,14H,1-4,9-10H2,(H,15,16). The van der Waals surface area contributed by atoms with Crippen molar-refractivity contribution in [2.45, 2.75) is 25.7 Å². The SMILES string of the molecule is O=C(O)CCCOc1ccc(CCCO)cc1. The van der Waals surface area contributed by atoms with Crippen LogP contribution in [0.4, 0.5) is 0 Å². The molecule has 17 heavy (non-hydrogen) atoms. The number of carbonyl (C=O) groups is 1. The molecule has 0 heterocycles. The minimum atomic E-state index is -0.798. The van der Waals surface area contributed by atoms with Gasteiger partial charge in [-0.1, -0.05) is 12.1 Å². The van der Waals surface area contributed by atoms with Crippen molar-refractivity contribution in [2.75, 3.05) is 13.2 Å². The Labute approximate surface area is 101 Å². The lowest BCUT2D eigenvalue weighted by molar-refractivity contribution is -0.137. The molecule has 94 valence electrons. The molecule has 0 aliphatic carbocycles. The van der Waals surface area contributed by atoms with Crippen molar-refractivity contribution in [1.82, 2.24) is 0 Å². The molecule has 0 radical (unpaired) electrons. The fourth-order valence-electron chi connectivity index (χ4n) is 1.45. The van der Waals surface area contributed by atoms with Gasteiger partial charge >= 0.3 is 5.97 Å². The summed E-state index contributed by atoms with van der Waals surface area (Å²) in [6.07, 6.45) is 2.27. The highest BCUT2D eigenvalue weighted by atomic mass is 16.5. The summed E-state index contributed by atoms with van der Waals surface area (Å²) in [6, 6.07) is 7.66. The van der Waals surface area contributed by atoms with Gasteiger partial charge in [0.15, 0.2) is 0 Å². The van der Waals surface area contributed by atoms with Gasteiger partial charge in [0.2, 0.25) is 0 Å². The lowest BCUT2D eigenvalue weighted by Crippen LogP contribution is -2.02. The monoisotopic (exact) mass is 238 g/mol. The van der Waals surface area contributed by atoms with Crippen LogP contribution >= 0.6 is 0 Å². The summed E-state index contributed by atoms with van der Waals surface area (Å²) in [4.78, 5) is 10.3. The molecule has 0 atom stereocenters. The highest BCUT2D eigenvalue weighted by Gasteiger charge is 1.98. The predicted molar refractivity (Wildman–Crippen MR) is 64.2 cm³/mol. The molecule has 0 bridgehead atoms. The van der Waals surface area contributed by atoms with Crippen LogP contribution in [0.1, 0.15) is 24.8 Å². The second-order valence-corrected chi connectivity index (χ2v) is 3.82. The van der Waals surface area contributed by atoms with Crippen molar-refractivity contribution in [2.24, 2.45) is 0 Å². The first-order valence-corrected chi connectivity index (χ1v) is 5.77. The third-order valence-electron chi connectivity index (χ3n) is 2.35. The minimum Gasteiger partial charge on any atom is -0.494 e. The van der Waals surface area contributed by atoms with Gasteiger partial charge in [0.05, 0.1) is 6.61 Å². The number of carboxylic acids is 1. The zero-order valence-electron chi connectivity index (χ0n) is 9.76. The number of aryl methyl sites for hydroxylation is 1. The largest absolute Gasteiger partial charge is 0.494 e. The molecule has 0 amide bonds. The van der Waals surface area contributed by atoms with Crippen LogP contribution in [0.25, 0.3) is 0 Å². The summed E-state index contributed by atoms with van der Waals surface area (Å²) in [5.74, 6) is -0.0453. The van der Waals surface area contributed by atoms with Crippen molar-refractivity contribution in [1.29, 1.82) is 0 Å². The Morgan fingerprint density at radius 1 is 1.18 bits per heavy atom. The number of aliphatic hydroxyl groups excluding tert-OH is 1. The first-order chi connectivity index (χ1) is 8.22. The molecule has 0 saturated heterocycles. The van der Waals surface area contributed by atoms with E-state index in [0.29, 0.717) is 13.0 Å². The first kappa shape index (κ1) is 13.5. The van der Waals surface area contributed by atoms with Gasteiger partial charge in [-0.15, -0.1) is 0 Å². The normalized spacial score (nSPS) is 10.2. The fraction of sp³-hybridized carbons (Fsp3) is 0.462. The summed E-state index contributed by atoms with van der Waals surface area (Å²) in [7, 11) is 0. The highest BCUT2D eigenvalue weighted by Crippen LogP contribution is 2.13. The van der Waals surface area contributed by atoms with Crippen LogP contribution in [-0.2, 0) is 11.2 Å². The number of rotatable bonds is 8. The number of aliphatic carboxylic acids is 1. The Balaban J connectivity index is 2.27. The Hall–Kier alpha value is -1.55. The summed E-state index contributed by atoms with van der Waals surface area (Å²) in [5, 5.41) is 17.2. The molecule has 1 aromatic carbocycles. The van der Waals surface area contributed by atoms with Gasteiger partial charge in [0.1, 0.15) is 5.75 Å². The van der Waals surface area contributed by atoms with Crippen LogP contribution in [0.15, 0.2) is 24.3 Å². The number of hydrogen-bond donors (Lipinski definition) is 2. The Bertz CT molecular complexity index is 332. The van der Waals surface area contributed by atoms with E-state index in [1.165, 1.54) is 0 Å². The third-order valence-corrected chi connectivity index (χ3v) is 2.35. The Morgan fingerprint density at radius 3 is 2.47 bits per heavy atom. The molecule has 0 saturated carbocycles. The van der Waals surface area contributed by atoms with E-state index in [9.17, 15) is 4.79 Å². The van der Waals surface area contributed by atoms with Gasteiger partial charge in [-0.3, -0.25) is 4.79 Å². The zero-order valence-corrected chi connectivity index (χ0v) is 9.76. The summed E-state index contributed by atoms with van der Waals surface area (Å²) in [6.45, 7) is 0.621. The van der Waals surface area contributed by atoms with Crippen molar-refractivity contribution in [3.05, 3.63) is 29.8 Å². The molecule has 0 aliphatic heterocycles. The van der Waals surface area contributed by atoms with Crippen LogP contribution in [0, 0.1) is 0 Å². The van der Waals surface area contributed by atoms with Crippen molar-refractivity contribution < 1.29 is 19.7 Å². The lowest BCUT2D eigenvalue weighted by Gasteiger charge is -2.06. The maximum Gasteiger partial charge on any atom is 0.303 e. The van der Waals surface area contributed by atoms with Gasteiger partial charge in [-0.2, -0.15) is 0 Å². The molecule has 0 fully saturated rings. The number of benzene rings is 1. The summed E-state index contributed by atoms with van der Waals surface area (Å²) >= 11 is 0. The van der Waals surface area contributed by atoms with Crippen molar-refractivity contribution in [3.8, 4) is 5.75 Å². The van der Waals surface area contributed by atoms with Crippen molar-refractivity contribution >= 4 is 5.97 Å². The van der Waals surface area contributed by atoms with E-state index in [2.05, 4.69) is 0 Å². The van der Waals surface area contributed by atoms with Gasteiger partial charge in [-0.25, -0.2) is 0 Å². The van der Waals surface area contributed by atoms with Crippen LogP contribution < -0.4 is 4.74 Å². The van der Waals surface area contributed by atoms with Crippen LogP contribution in [-0.4, -0.2) is 29.4 Å². The lowest BCUT2D eigenvalue weighted by atomic mass is 10.1. The maximum atomic E-state index is 10.3. The number of aliphatic hydroxyl groups is 1. The molecule has 4 heteroatoms. The molecule has 0 spiro atoms. The van der Waals surface area contributed by atoms with E-state index in [-0.39, 0.29) is 13.0 Å². The van der Waals surface area contributed by atoms with Gasteiger partial charge in [0, 0.05) is 13.0 Å². The van der Waals surface area contributed by atoms with E-state index >= 15 is 0 Å². The maximum absolute atomic E-state index is 10.3. The third kappa shape index (κ3) is 5.92. The molecule has 0 aliphatic rings. The average Bonchev–Trinajstić information content (AvgIpc) is 2.33. The second kappa shape index (κ2) is 7.68. The molecular weight excluding hydrogens is 220 g/mol. The number of carboxylic acid groups (broad SMARTS) is 1. The molecular formula is C13H18O4. The van der Waals surface area contributed by atoms with Crippen molar-refractivity contribution in [3.63, 3.8) is 0 Å². The average molecular weight is 238 g/mol. The van der Waals surface area contributed by atoms with Crippen LogP contribution in [0.2, 0.25) is 0 Å². The first-order valence-electron chi connectivity index (χ1n) is 5.77. The Morgan fingerprint density at radius 2 is 1.88 bits per heavy atom. The van der Waals surface area contributed by atoms with E-state index in [4.69, 9.17) is 14.9 Å².